The van der Waals surface area contributed by atoms with Gasteiger partial charge in [-0.05, 0) is 36.2 Å². The monoisotopic (exact) mass is 368 g/mol. The summed E-state index contributed by atoms with van der Waals surface area (Å²) in [5, 5.41) is 11.7. The van der Waals surface area contributed by atoms with Gasteiger partial charge in [0.1, 0.15) is 6.61 Å². The Balaban J connectivity index is 1.48. The molecule has 3 rings (SSSR count). The summed E-state index contributed by atoms with van der Waals surface area (Å²) in [6.07, 6.45) is 0.128. The minimum atomic E-state index is -1.03. The van der Waals surface area contributed by atoms with E-state index in [0.717, 1.165) is 5.56 Å². The molecular weight excluding hydrogens is 348 g/mol. The van der Waals surface area contributed by atoms with Gasteiger partial charge >= 0.3 is 12.1 Å². The number of carboxylic acids is 1. The second-order valence-electron chi connectivity index (χ2n) is 6.33. The summed E-state index contributed by atoms with van der Waals surface area (Å²) in [4.78, 5) is 36.9. The molecular formula is C20H20N2O5. The number of carbonyl (C=O) groups is 3. The first-order chi connectivity index (χ1) is 13.0. The van der Waals surface area contributed by atoms with Crippen molar-refractivity contribution in [3.05, 3.63) is 71.3 Å². The highest BCUT2D eigenvalue weighted by Gasteiger charge is 2.28. The van der Waals surface area contributed by atoms with Gasteiger partial charge in [-0.2, -0.15) is 0 Å². The number of nitrogens with one attached hydrogen (secondary N) is 1. The van der Waals surface area contributed by atoms with Crippen molar-refractivity contribution < 1.29 is 24.2 Å². The number of amides is 2. The summed E-state index contributed by atoms with van der Waals surface area (Å²) in [6.45, 7) is 1.10. The number of hydrogen-bond acceptors (Lipinski definition) is 4. The number of hydrogen-bond donors (Lipinski definition) is 2. The molecule has 0 saturated carbocycles. The zero-order valence-corrected chi connectivity index (χ0v) is 14.6. The SMILES string of the molecule is O=C(NC1CCN(C(=O)c2ccc(C(=O)O)cc2)C1)OCc1ccccc1. The predicted octanol–water partition coefficient (Wildman–Crippen LogP) is 2.53. The van der Waals surface area contributed by atoms with E-state index in [2.05, 4.69) is 5.32 Å². The van der Waals surface area contributed by atoms with Crippen LogP contribution in [0.5, 0.6) is 0 Å². The van der Waals surface area contributed by atoms with E-state index in [1.807, 2.05) is 30.3 Å². The van der Waals surface area contributed by atoms with E-state index < -0.39 is 12.1 Å². The standard InChI is InChI=1S/C20H20N2O5/c23-18(15-6-8-16(9-7-15)19(24)25)22-11-10-17(12-22)21-20(26)27-13-14-4-2-1-3-5-14/h1-9,17H,10-13H2,(H,21,26)(H,24,25). The summed E-state index contributed by atoms with van der Waals surface area (Å²) in [6, 6.07) is 15.0. The number of likely N-dealkylation sites (tertiary alicyclic amines) is 1. The third-order valence-corrected chi connectivity index (χ3v) is 4.39. The number of ether oxygens (including phenoxy) is 1. The summed E-state index contributed by atoms with van der Waals surface area (Å²) in [7, 11) is 0. The largest absolute Gasteiger partial charge is 0.478 e. The maximum atomic E-state index is 12.5. The van der Waals surface area contributed by atoms with Crippen molar-refractivity contribution in [3.63, 3.8) is 0 Å². The molecule has 1 aliphatic rings. The fourth-order valence-electron chi connectivity index (χ4n) is 2.93. The number of alkyl carbamates (subject to hydrolysis) is 1. The average molecular weight is 368 g/mol. The zero-order valence-electron chi connectivity index (χ0n) is 14.6. The van der Waals surface area contributed by atoms with Crippen molar-refractivity contribution >= 4 is 18.0 Å². The van der Waals surface area contributed by atoms with E-state index in [-0.39, 0.29) is 24.1 Å². The van der Waals surface area contributed by atoms with Crippen molar-refractivity contribution in [1.82, 2.24) is 10.2 Å². The molecule has 2 N–H and O–H groups in total. The molecule has 1 heterocycles. The number of aromatic carboxylic acids is 1. The van der Waals surface area contributed by atoms with Crippen LogP contribution in [0.1, 0.15) is 32.7 Å². The van der Waals surface area contributed by atoms with Gasteiger partial charge in [-0.15, -0.1) is 0 Å². The van der Waals surface area contributed by atoms with Gasteiger partial charge in [-0.3, -0.25) is 4.79 Å². The molecule has 1 fully saturated rings. The van der Waals surface area contributed by atoms with Crippen LogP contribution in [0.2, 0.25) is 0 Å². The number of nitrogens with zero attached hydrogens (tertiary/aromatic N) is 1. The van der Waals surface area contributed by atoms with Crippen molar-refractivity contribution in [2.75, 3.05) is 13.1 Å². The first kappa shape index (κ1) is 18.4. The molecule has 0 bridgehead atoms. The normalized spacial score (nSPS) is 16.0. The van der Waals surface area contributed by atoms with Gasteiger partial charge < -0.3 is 20.1 Å². The third-order valence-electron chi connectivity index (χ3n) is 4.39. The zero-order chi connectivity index (χ0) is 19.2. The Bertz CT molecular complexity index is 820. The van der Waals surface area contributed by atoms with Gasteiger partial charge in [0.15, 0.2) is 0 Å². The Hall–Kier alpha value is -3.35. The molecule has 0 spiro atoms. The number of benzene rings is 2. The average Bonchev–Trinajstić information content (AvgIpc) is 3.15. The molecule has 1 atom stereocenters. The molecule has 2 amide bonds. The lowest BCUT2D eigenvalue weighted by atomic mass is 10.1. The fraction of sp³-hybridized carbons (Fsp3) is 0.250. The maximum absolute atomic E-state index is 12.5. The van der Waals surface area contributed by atoms with Crippen LogP contribution in [-0.2, 0) is 11.3 Å². The molecule has 140 valence electrons. The number of carboxylic acid groups (broad SMARTS) is 1. The van der Waals surface area contributed by atoms with Crippen LogP contribution in [0, 0.1) is 0 Å². The molecule has 2 aromatic rings. The molecule has 7 heteroatoms. The lowest BCUT2D eigenvalue weighted by Gasteiger charge is -2.17. The van der Waals surface area contributed by atoms with E-state index in [4.69, 9.17) is 9.84 Å². The lowest BCUT2D eigenvalue weighted by molar-refractivity contribution is 0.0695. The molecule has 1 saturated heterocycles. The number of carbonyl (C=O) groups excluding carboxylic acids is 2. The van der Waals surface area contributed by atoms with Gasteiger partial charge in [0.25, 0.3) is 5.91 Å². The molecule has 1 aliphatic heterocycles. The first-order valence-electron chi connectivity index (χ1n) is 8.63. The summed E-state index contributed by atoms with van der Waals surface area (Å²) in [5.74, 6) is -1.22. The quantitative estimate of drug-likeness (QED) is 0.845. The summed E-state index contributed by atoms with van der Waals surface area (Å²) >= 11 is 0. The summed E-state index contributed by atoms with van der Waals surface area (Å²) in [5.41, 5.74) is 1.46. The molecule has 0 aromatic heterocycles. The van der Waals surface area contributed by atoms with Crippen LogP contribution >= 0.6 is 0 Å². The molecule has 1 unspecified atom stereocenters. The van der Waals surface area contributed by atoms with Crippen molar-refractivity contribution in [1.29, 1.82) is 0 Å². The smallest absolute Gasteiger partial charge is 0.407 e. The summed E-state index contributed by atoms with van der Waals surface area (Å²) < 4.78 is 5.20. The highest BCUT2D eigenvalue weighted by Crippen LogP contribution is 2.15. The Morgan fingerprint density at radius 2 is 1.70 bits per heavy atom. The molecule has 0 aliphatic carbocycles. The van der Waals surface area contributed by atoms with E-state index in [9.17, 15) is 14.4 Å². The van der Waals surface area contributed by atoms with E-state index in [0.29, 0.717) is 25.1 Å². The lowest BCUT2D eigenvalue weighted by Crippen LogP contribution is -2.38. The van der Waals surface area contributed by atoms with Gasteiger partial charge in [0.05, 0.1) is 11.6 Å². The minimum Gasteiger partial charge on any atom is -0.478 e. The second kappa shape index (κ2) is 8.35. The van der Waals surface area contributed by atoms with Crippen LogP contribution in [0.15, 0.2) is 54.6 Å². The highest BCUT2D eigenvalue weighted by molar-refractivity contribution is 5.96. The van der Waals surface area contributed by atoms with E-state index in [1.165, 1.54) is 24.3 Å². The van der Waals surface area contributed by atoms with Gasteiger partial charge in [-0.25, -0.2) is 9.59 Å². The Kier molecular flexibility index (Phi) is 5.71. The van der Waals surface area contributed by atoms with Crippen molar-refractivity contribution in [3.8, 4) is 0 Å². The number of rotatable bonds is 5. The van der Waals surface area contributed by atoms with Gasteiger partial charge in [0, 0.05) is 18.7 Å². The highest BCUT2D eigenvalue weighted by atomic mass is 16.5. The van der Waals surface area contributed by atoms with Crippen LogP contribution in [-0.4, -0.2) is 47.1 Å². The maximum Gasteiger partial charge on any atom is 0.407 e. The molecule has 2 aromatic carbocycles. The molecule has 0 radical (unpaired) electrons. The molecule has 27 heavy (non-hydrogen) atoms. The van der Waals surface area contributed by atoms with Crippen LogP contribution in [0.4, 0.5) is 4.79 Å². The third kappa shape index (κ3) is 4.84. The van der Waals surface area contributed by atoms with E-state index >= 15 is 0 Å². The topological polar surface area (TPSA) is 95.9 Å². The molecule has 7 nitrogen and oxygen atoms in total. The van der Waals surface area contributed by atoms with Crippen LogP contribution in [0.25, 0.3) is 0 Å². The van der Waals surface area contributed by atoms with Crippen molar-refractivity contribution in [2.24, 2.45) is 0 Å². The van der Waals surface area contributed by atoms with Crippen LogP contribution in [0.3, 0.4) is 0 Å². The van der Waals surface area contributed by atoms with Gasteiger partial charge in [0.2, 0.25) is 0 Å². The fourth-order valence-corrected chi connectivity index (χ4v) is 2.93. The minimum absolute atomic E-state index is 0.133. The Morgan fingerprint density at radius 3 is 2.37 bits per heavy atom. The Labute approximate surface area is 156 Å². The first-order valence-corrected chi connectivity index (χ1v) is 8.63. The predicted molar refractivity (Wildman–Crippen MR) is 97.5 cm³/mol. The van der Waals surface area contributed by atoms with Crippen LogP contribution < -0.4 is 5.32 Å². The second-order valence-corrected chi connectivity index (χ2v) is 6.33. The van der Waals surface area contributed by atoms with Gasteiger partial charge in [-0.1, -0.05) is 30.3 Å². The van der Waals surface area contributed by atoms with E-state index in [1.54, 1.807) is 4.90 Å². The van der Waals surface area contributed by atoms with Crippen molar-refractivity contribution in [2.45, 2.75) is 19.1 Å². The Morgan fingerprint density at radius 1 is 1.04 bits per heavy atom.